The number of aliphatic hydroxyl groups is 1. The van der Waals surface area contributed by atoms with Crippen molar-refractivity contribution in [2.45, 2.75) is 63.3 Å². The Kier molecular flexibility index (Phi) is 7.45. The van der Waals surface area contributed by atoms with Gasteiger partial charge in [0.2, 0.25) is 17.7 Å². The van der Waals surface area contributed by atoms with Gasteiger partial charge in [-0.1, -0.05) is 25.5 Å². The Morgan fingerprint density at radius 2 is 2.00 bits per heavy atom. The SMILES string of the molecule is C=CCN(C)C(=O)[C@@H]1[C@H]2C(=O)N(CCO)C(C(=O)N(CC=C)C(C)CCC)C23CC[C@H]1O3. The second-order valence-electron chi connectivity index (χ2n) is 9.24. The molecule has 3 aliphatic heterocycles. The fourth-order valence-electron chi connectivity index (χ4n) is 5.96. The van der Waals surface area contributed by atoms with Gasteiger partial charge in [0.05, 0.1) is 24.5 Å². The van der Waals surface area contributed by atoms with Gasteiger partial charge >= 0.3 is 0 Å². The number of likely N-dealkylation sites (tertiary alicyclic amines) is 1. The van der Waals surface area contributed by atoms with E-state index in [9.17, 15) is 19.5 Å². The molecule has 0 aromatic carbocycles. The van der Waals surface area contributed by atoms with E-state index in [-0.39, 0.29) is 43.0 Å². The molecule has 3 saturated heterocycles. The topological polar surface area (TPSA) is 90.4 Å². The molecule has 3 aliphatic rings. The van der Waals surface area contributed by atoms with Crippen molar-refractivity contribution in [1.82, 2.24) is 14.7 Å². The summed E-state index contributed by atoms with van der Waals surface area (Å²) in [5.41, 5.74) is -1.03. The molecule has 0 aliphatic carbocycles. The molecule has 8 heteroatoms. The van der Waals surface area contributed by atoms with Crippen LogP contribution in [0.3, 0.4) is 0 Å². The predicted octanol–water partition coefficient (Wildman–Crippen LogP) is 1.20. The summed E-state index contributed by atoms with van der Waals surface area (Å²) in [5.74, 6) is -1.96. The number of β-amino-alcohol motifs (C(OH)–C–C–N with tert-alkyl or cyclic N) is 1. The molecule has 1 N–H and O–H groups in total. The zero-order valence-corrected chi connectivity index (χ0v) is 19.5. The van der Waals surface area contributed by atoms with Crippen LogP contribution in [0.1, 0.15) is 39.5 Å². The van der Waals surface area contributed by atoms with E-state index in [1.165, 1.54) is 4.90 Å². The van der Waals surface area contributed by atoms with Crippen molar-refractivity contribution in [2.24, 2.45) is 11.8 Å². The fraction of sp³-hybridized carbons (Fsp3) is 0.708. The monoisotopic (exact) mass is 447 g/mol. The number of hydrogen-bond acceptors (Lipinski definition) is 5. The maximum atomic E-state index is 13.9. The minimum absolute atomic E-state index is 0.0261. The van der Waals surface area contributed by atoms with Gasteiger partial charge in [-0.15, -0.1) is 13.2 Å². The smallest absolute Gasteiger partial charge is 0.248 e. The first-order chi connectivity index (χ1) is 15.3. The van der Waals surface area contributed by atoms with Gasteiger partial charge in [-0.3, -0.25) is 14.4 Å². The molecule has 6 atom stereocenters. The molecule has 3 heterocycles. The van der Waals surface area contributed by atoms with E-state index in [0.717, 1.165) is 12.8 Å². The fourth-order valence-corrected chi connectivity index (χ4v) is 5.96. The molecule has 0 saturated carbocycles. The van der Waals surface area contributed by atoms with Crippen molar-refractivity contribution >= 4 is 17.7 Å². The van der Waals surface area contributed by atoms with Gasteiger partial charge < -0.3 is 24.5 Å². The molecule has 0 radical (unpaired) electrons. The number of carbonyl (C=O) groups excluding carboxylic acids is 3. The van der Waals surface area contributed by atoms with Gasteiger partial charge in [-0.05, 0) is 26.2 Å². The summed E-state index contributed by atoms with van der Waals surface area (Å²) in [6.45, 7) is 12.1. The molecule has 32 heavy (non-hydrogen) atoms. The largest absolute Gasteiger partial charge is 0.395 e. The van der Waals surface area contributed by atoms with Crippen molar-refractivity contribution < 1.29 is 24.2 Å². The van der Waals surface area contributed by atoms with Crippen LogP contribution < -0.4 is 0 Å². The second-order valence-corrected chi connectivity index (χ2v) is 9.24. The minimum atomic E-state index is -1.03. The Bertz CT molecular complexity index is 771. The van der Waals surface area contributed by atoms with Crippen molar-refractivity contribution in [3.8, 4) is 0 Å². The summed E-state index contributed by atoms with van der Waals surface area (Å²) < 4.78 is 6.40. The number of hydrogen-bond donors (Lipinski definition) is 1. The lowest BCUT2D eigenvalue weighted by molar-refractivity contribution is -0.150. The van der Waals surface area contributed by atoms with Crippen LogP contribution >= 0.6 is 0 Å². The van der Waals surface area contributed by atoms with Gasteiger partial charge in [0, 0.05) is 32.7 Å². The number of nitrogens with zero attached hydrogens (tertiary/aromatic N) is 3. The highest BCUT2D eigenvalue weighted by atomic mass is 16.5. The first-order valence-electron chi connectivity index (χ1n) is 11.6. The average Bonchev–Trinajstić information content (AvgIpc) is 3.39. The molecule has 3 fully saturated rings. The maximum absolute atomic E-state index is 13.9. The maximum Gasteiger partial charge on any atom is 0.248 e. The molecule has 3 unspecified atom stereocenters. The van der Waals surface area contributed by atoms with Crippen LogP contribution in [0, 0.1) is 11.8 Å². The third kappa shape index (κ3) is 3.77. The molecular weight excluding hydrogens is 410 g/mol. The highest BCUT2D eigenvalue weighted by molar-refractivity contribution is 5.99. The number of rotatable bonds is 11. The number of fused-ring (bicyclic) bond motifs is 1. The molecule has 8 nitrogen and oxygen atoms in total. The van der Waals surface area contributed by atoms with Crippen molar-refractivity contribution in [3.63, 3.8) is 0 Å². The summed E-state index contributed by atoms with van der Waals surface area (Å²) in [7, 11) is 1.69. The lowest BCUT2D eigenvalue weighted by Gasteiger charge is -2.38. The summed E-state index contributed by atoms with van der Waals surface area (Å²) in [4.78, 5) is 45.6. The molecule has 3 rings (SSSR count). The van der Waals surface area contributed by atoms with Crippen LogP contribution in [-0.4, -0.2) is 94.6 Å². The Hall–Kier alpha value is -2.19. The van der Waals surface area contributed by atoms with Crippen LogP contribution in [0.2, 0.25) is 0 Å². The summed E-state index contributed by atoms with van der Waals surface area (Å²) in [6.07, 6.45) is 5.88. The minimum Gasteiger partial charge on any atom is -0.395 e. The molecule has 178 valence electrons. The van der Waals surface area contributed by atoms with E-state index in [4.69, 9.17) is 4.74 Å². The quantitative estimate of drug-likeness (QED) is 0.481. The predicted molar refractivity (Wildman–Crippen MR) is 121 cm³/mol. The van der Waals surface area contributed by atoms with Gasteiger partial charge in [0.1, 0.15) is 11.6 Å². The molecule has 0 aromatic heterocycles. The third-order valence-electron chi connectivity index (χ3n) is 7.29. The standard InChI is InChI=1S/C24H37N3O5/c1-6-9-16(4)26(13-8-3)23(31)20-24-11-10-17(32-24)18(21(29)25(5)12-7-2)19(24)22(30)27(20)14-15-28/h7-8,16-20,28H,2-3,6,9-15H2,1,4-5H3/t16?,17-,18+,19+,20?,24?/m1/s1. The second kappa shape index (κ2) is 9.75. The van der Waals surface area contributed by atoms with Crippen molar-refractivity contribution in [1.29, 1.82) is 0 Å². The molecule has 0 aromatic rings. The van der Waals surface area contributed by atoms with E-state index in [2.05, 4.69) is 20.1 Å². The molecule has 3 amide bonds. The lowest BCUT2D eigenvalue weighted by atomic mass is 9.70. The third-order valence-corrected chi connectivity index (χ3v) is 7.29. The van der Waals surface area contributed by atoms with Crippen molar-refractivity contribution in [2.75, 3.05) is 33.3 Å². The van der Waals surface area contributed by atoms with E-state index in [1.807, 2.05) is 6.92 Å². The van der Waals surface area contributed by atoms with Crippen LogP contribution in [0.25, 0.3) is 0 Å². The number of aliphatic hydroxyl groups excluding tert-OH is 1. The number of ether oxygens (including phenoxy) is 1. The normalized spacial score (nSPS) is 31.4. The average molecular weight is 448 g/mol. The first-order valence-corrected chi connectivity index (χ1v) is 11.6. The van der Waals surface area contributed by atoms with Gasteiger partial charge in [-0.2, -0.15) is 0 Å². The lowest BCUT2D eigenvalue weighted by Crippen LogP contribution is -2.58. The Labute approximate surface area is 190 Å². The zero-order chi connectivity index (χ0) is 23.6. The zero-order valence-electron chi connectivity index (χ0n) is 19.5. The molecule has 2 bridgehead atoms. The van der Waals surface area contributed by atoms with Gasteiger partial charge in [0.15, 0.2) is 0 Å². The van der Waals surface area contributed by atoms with Crippen molar-refractivity contribution in [3.05, 3.63) is 25.3 Å². The highest BCUT2D eigenvalue weighted by Crippen LogP contribution is 2.58. The molecular formula is C24H37N3O5. The van der Waals surface area contributed by atoms with E-state index in [0.29, 0.717) is 25.9 Å². The van der Waals surface area contributed by atoms with Crippen LogP contribution in [-0.2, 0) is 19.1 Å². The van der Waals surface area contributed by atoms with E-state index >= 15 is 0 Å². The number of amides is 3. The van der Waals surface area contributed by atoms with Gasteiger partial charge in [-0.25, -0.2) is 0 Å². The summed E-state index contributed by atoms with van der Waals surface area (Å²) >= 11 is 0. The van der Waals surface area contributed by atoms with E-state index in [1.54, 1.807) is 29.0 Å². The Morgan fingerprint density at radius 1 is 1.31 bits per heavy atom. The Morgan fingerprint density at radius 3 is 2.59 bits per heavy atom. The summed E-state index contributed by atoms with van der Waals surface area (Å²) in [6, 6.07) is -0.874. The number of likely N-dealkylation sites (N-methyl/N-ethyl adjacent to an activating group) is 1. The van der Waals surface area contributed by atoms with Crippen LogP contribution in [0.4, 0.5) is 0 Å². The Balaban J connectivity index is 2.01. The first kappa shape index (κ1) is 24.5. The highest BCUT2D eigenvalue weighted by Gasteiger charge is 2.74. The number of carbonyl (C=O) groups is 3. The molecule has 1 spiro atoms. The summed E-state index contributed by atoms with van der Waals surface area (Å²) in [5, 5.41) is 9.68. The van der Waals surface area contributed by atoms with E-state index < -0.39 is 23.5 Å². The van der Waals surface area contributed by atoms with Crippen LogP contribution in [0.15, 0.2) is 25.3 Å². The van der Waals surface area contributed by atoms with Crippen LogP contribution in [0.5, 0.6) is 0 Å². The van der Waals surface area contributed by atoms with Gasteiger partial charge in [0.25, 0.3) is 0 Å².